The lowest BCUT2D eigenvalue weighted by Gasteiger charge is -2.30. The van der Waals surface area contributed by atoms with E-state index < -0.39 is 30.1 Å². The second-order valence-electron chi connectivity index (χ2n) is 7.43. The second kappa shape index (κ2) is 11.0. The van der Waals surface area contributed by atoms with Crippen molar-refractivity contribution in [1.82, 2.24) is 0 Å². The molecule has 7 nitrogen and oxygen atoms in total. The van der Waals surface area contributed by atoms with Crippen LogP contribution in [0.5, 0.6) is 0 Å². The molecule has 4 rings (SSSR count). The molecule has 1 heterocycles. The lowest BCUT2D eigenvalue weighted by atomic mass is 10.1. The summed E-state index contributed by atoms with van der Waals surface area (Å²) in [5.74, 6) is -1.37. The third kappa shape index (κ3) is 5.89. The highest BCUT2D eigenvalue weighted by Gasteiger charge is 2.33. The first kappa shape index (κ1) is 22.8. The van der Waals surface area contributed by atoms with Crippen molar-refractivity contribution in [2.45, 2.75) is 12.2 Å². The molecule has 0 spiro atoms. The normalized spacial score (nSPS) is 17.0. The average molecular weight is 458 g/mol. The molecule has 1 aliphatic heterocycles. The minimum Gasteiger partial charge on any atom is -0.490 e. The van der Waals surface area contributed by atoms with E-state index in [2.05, 4.69) is 0 Å². The number of rotatable bonds is 7. The topological polar surface area (TPSA) is 88.1 Å². The van der Waals surface area contributed by atoms with E-state index in [4.69, 9.17) is 18.9 Å². The van der Waals surface area contributed by atoms with E-state index >= 15 is 0 Å². The van der Waals surface area contributed by atoms with Crippen molar-refractivity contribution < 1.29 is 33.3 Å². The van der Waals surface area contributed by atoms with Gasteiger partial charge in [0.1, 0.15) is 19.0 Å². The molecule has 1 aliphatic rings. The highest BCUT2D eigenvalue weighted by molar-refractivity contribution is 5.90. The summed E-state index contributed by atoms with van der Waals surface area (Å²) in [6.07, 6.45) is -0.320. The molecule has 0 saturated heterocycles. The van der Waals surface area contributed by atoms with Gasteiger partial charge in [-0.05, 0) is 36.4 Å². The fourth-order valence-corrected chi connectivity index (χ4v) is 3.26. The molecule has 0 N–H and O–H groups in total. The summed E-state index contributed by atoms with van der Waals surface area (Å²) in [5.41, 5.74) is 1.12. The number of esters is 3. The maximum atomic E-state index is 12.7. The molecular formula is C27H22O7. The van der Waals surface area contributed by atoms with E-state index in [1.807, 2.05) is 0 Å². The van der Waals surface area contributed by atoms with Gasteiger partial charge in [0.2, 0.25) is 0 Å². The molecule has 0 bridgehead atoms. The monoisotopic (exact) mass is 458 g/mol. The summed E-state index contributed by atoms with van der Waals surface area (Å²) in [5, 5.41) is 0. The Morgan fingerprint density at radius 2 is 1.15 bits per heavy atom. The Kier molecular flexibility index (Phi) is 7.35. The Morgan fingerprint density at radius 3 is 1.68 bits per heavy atom. The van der Waals surface area contributed by atoms with Gasteiger partial charge in [0.05, 0.1) is 16.7 Å². The first-order valence-corrected chi connectivity index (χ1v) is 10.7. The standard InChI is InChI=1S/C27H22O7/c28-25(19-10-4-1-5-11-19)32-17-22-16-23(33-26(29)20-12-6-2-7-13-20)24(18-31-22)34-27(30)21-14-8-3-9-15-21/h1-16,23-24H,17-18H2/t23-,24+/m0/s1. The van der Waals surface area contributed by atoms with E-state index in [9.17, 15) is 14.4 Å². The molecule has 0 fully saturated rings. The second-order valence-corrected chi connectivity index (χ2v) is 7.43. The minimum atomic E-state index is -0.931. The van der Waals surface area contributed by atoms with Gasteiger partial charge >= 0.3 is 17.9 Å². The van der Waals surface area contributed by atoms with E-state index in [-0.39, 0.29) is 13.2 Å². The summed E-state index contributed by atoms with van der Waals surface area (Å²) < 4.78 is 22.2. The van der Waals surface area contributed by atoms with Crippen LogP contribution in [-0.2, 0) is 18.9 Å². The van der Waals surface area contributed by atoms with Crippen molar-refractivity contribution >= 4 is 17.9 Å². The van der Waals surface area contributed by atoms with E-state index in [0.29, 0.717) is 22.4 Å². The minimum absolute atomic E-state index is 0.0694. The van der Waals surface area contributed by atoms with Gasteiger partial charge in [0.15, 0.2) is 12.2 Å². The van der Waals surface area contributed by atoms with Crippen molar-refractivity contribution in [3.8, 4) is 0 Å². The first-order chi connectivity index (χ1) is 16.6. The fraction of sp³-hybridized carbons (Fsp3) is 0.148. The Hall–Kier alpha value is -4.39. The molecule has 7 heteroatoms. The Balaban J connectivity index is 1.47. The van der Waals surface area contributed by atoms with Crippen molar-refractivity contribution in [1.29, 1.82) is 0 Å². The van der Waals surface area contributed by atoms with E-state index in [1.54, 1.807) is 91.0 Å². The summed E-state index contributed by atoms with van der Waals surface area (Å²) in [4.78, 5) is 37.5. The zero-order valence-electron chi connectivity index (χ0n) is 18.2. The summed E-state index contributed by atoms with van der Waals surface area (Å²) in [7, 11) is 0. The molecule has 0 amide bonds. The molecular weight excluding hydrogens is 436 g/mol. The summed E-state index contributed by atoms with van der Waals surface area (Å²) in [6, 6.07) is 25.5. The van der Waals surface area contributed by atoms with Crippen LogP contribution in [0.3, 0.4) is 0 Å². The van der Waals surface area contributed by atoms with Crippen LogP contribution in [0.1, 0.15) is 31.1 Å². The molecule has 34 heavy (non-hydrogen) atoms. The molecule has 172 valence electrons. The van der Waals surface area contributed by atoms with Gasteiger partial charge in [-0.25, -0.2) is 14.4 Å². The predicted molar refractivity (Wildman–Crippen MR) is 122 cm³/mol. The SMILES string of the molecule is O=C(OCC1=C[C@H](OC(=O)c2ccccc2)[C@H](OC(=O)c2ccccc2)CO1)c1ccccc1. The van der Waals surface area contributed by atoms with Crippen LogP contribution in [-0.4, -0.2) is 43.3 Å². The Bertz CT molecular complexity index is 1160. The van der Waals surface area contributed by atoms with Crippen LogP contribution in [0.15, 0.2) is 103 Å². The number of ether oxygens (including phenoxy) is 4. The molecule has 0 radical (unpaired) electrons. The third-order valence-electron chi connectivity index (χ3n) is 5.03. The van der Waals surface area contributed by atoms with Crippen LogP contribution in [0.25, 0.3) is 0 Å². The number of carbonyl (C=O) groups is 3. The molecule has 2 atom stereocenters. The maximum Gasteiger partial charge on any atom is 0.338 e. The smallest absolute Gasteiger partial charge is 0.338 e. The van der Waals surface area contributed by atoms with Gasteiger partial charge in [-0.2, -0.15) is 0 Å². The molecule has 3 aromatic carbocycles. The average Bonchev–Trinajstić information content (AvgIpc) is 2.90. The zero-order chi connectivity index (χ0) is 23.8. The van der Waals surface area contributed by atoms with Gasteiger partial charge in [-0.15, -0.1) is 0 Å². The number of hydrogen-bond donors (Lipinski definition) is 0. The van der Waals surface area contributed by atoms with Gasteiger partial charge in [0.25, 0.3) is 0 Å². The number of hydrogen-bond acceptors (Lipinski definition) is 7. The number of carbonyl (C=O) groups excluding carboxylic acids is 3. The van der Waals surface area contributed by atoms with Gasteiger partial charge in [-0.1, -0.05) is 54.6 Å². The van der Waals surface area contributed by atoms with Gasteiger partial charge in [0, 0.05) is 6.08 Å². The quantitative estimate of drug-likeness (QED) is 0.387. The molecule has 0 saturated carbocycles. The number of benzene rings is 3. The van der Waals surface area contributed by atoms with Crippen molar-refractivity contribution in [3.63, 3.8) is 0 Å². The molecule has 3 aromatic rings. The van der Waals surface area contributed by atoms with Crippen LogP contribution in [0.4, 0.5) is 0 Å². The highest BCUT2D eigenvalue weighted by Crippen LogP contribution is 2.21. The molecule has 0 aromatic heterocycles. The largest absolute Gasteiger partial charge is 0.490 e. The van der Waals surface area contributed by atoms with Crippen LogP contribution in [0.2, 0.25) is 0 Å². The zero-order valence-corrected chi connectivity index (χ0v) is 18.2. The Labute approximate surface area is 196 Å². The van der Waals surface area contributed by atoms with Crippen molar-refractivity contribution in [2.75, 3.05) is 13.2 Å². The molecule has 0 aliphatic carbocycles. The summed E-state index contributed by atoms with van der Waals surface area (Å²) >= 11 is 0. The van der Waals surface area contributed by atoms with Gasteiger partial charge < -0.3 is 18.9 Å². The van der Waals surface area contributed by atoms with Crippen LogP contribution in [0, 0.1) is 0 Å². The Morgan fingerprint density at radius 1 is 0.676 bits per heavy atom. The summed E-state index contributed by atoms with van der Waals surface area (Å²) in [6.45, 7) is -0.230. The van der Waals surface area contributed by atoms with Gasteiger partial charge in [-0.3, -0.25) is 0 Å². The molecule has 0 unspecified atom stereocenters. The first-order valence-electron chi connectivity index (χ1n) is 10.7. The van der Waals surface area contributed by atoms with E-state index in [0.717, 1.165) is 0 Å². The van der Waals surface area contributed by atoms with Crippen molar-refractivity contribution in [3.05, 3.63) is 120 Å². The van der Waals surface area contributed by atoms with Crippen LogP contribution >= 0.6 is 0 Å². The fourth-order valence-electron chi connectivity index (χ4n) is 3.26. The maximum absolute atomic E-state index is 12.7. The highest BCUT2D eigenvalue weighted by atomic mass is 16.6. The lowest BCUT2D eigenvalue weighted by molar-refractivity contribution is -0.0581. The van der Waals surface area contributed by atoms with E-state index in [1.165, 1.54) is 6.08 Å². The van der Waals surface area contributed by atoms with Crippen molar-refractivity contribution in [2.24, 2.45) is 0 Å². The lowest BCUT2D eigenvalue weighted by Crippen LogP contribution is -2.41. The third-order valence-corrected chi connectivity index (χ3v) is 5.03. The predicted octanol–water partition coefficient (Wildman–Crippen LogP) is 4.21. The van der Waals surface area contributed by atoms with Crippen LogP contribution < -0.4 is 0 Å².